The van der Waals surface area contributed by atoms with Gasteiger partial charge in [-0.1, -0.05) is 90.5 Å². The number of anilines is 3. The van der Waals surface area contributed by atoms with E-state index >= 15 is 0 Å². The van der Waals surface area contributed by atoms with Crippen LogP contribution in [0.3, 0.4) is 0 Å². The second-order valence-electron chi connectivity index (χ2n) is 10.2. The molecule has 42 heavy (non-hydrogen) atoms. The van der Waals surface area contributed by atoms with Gasteiger partial charge < -0.3 is 10.0 Å². The highest BCUT2D eigenvalue weighted by Gasteiger charge is 2.15. The average molecular weight is 542 g/mol. The molecule has 4 nitrogen and oxygen atoms in total. The number of aliphatic hydroxyl groups excluding tert-OH is 1. The van der Waals surface area contributed by atoms with Crippen molar-refractivity contribution in [1.82, 2.24) is 0 Å². The van der Waals surface area contributed by atoms with Crippen molar-refractivity contribution in [2.75, 3.05) is 4.90 Å². The maximum absolute atomic E-state index is 9.88. The number of hydrogen-bond donors (Lipinski definition) is 1. The lowest BCUT2D eigenvalue weighted by molar-refractivity contribution is 0.282. The molecular weight excluding hydrogens is 514 g/mol. The molecule has 0 atom stereocenters. The van der Waals surface area contributed by atoms with Crippen molar-refractivity contribution in [3.8, 4) is 12.1 Å². The standard InChI is InChI=1S/C38H27N3O/c1-26-7-19-33-35(21-26)36-22-28(14-20-34(36)38(24-40)37(33)23-39)9-8-27-10-15-31(16-11-27)41(30-5-3-2-4-6-30)32-17-12-29(25-42)13-18-32/h2-22,42H,25H2,1H3/b9-8+. The smallest absolute Gasteiger partial charge is 0.101 e. The lowest BCUT2D eigenvalue weighted by Crippen LogP contribution is -2.09. The molecule has 0 aliphatic carbocycles. The van der Waals surface area contributed by atoms with Crippen molar-refractivity contribution in [2.24, 2.45) is 0 Å². The van der Waals surface area contributed by atoms with Crippen molar-refractivity contribution in [3.63, 3.8) is 0 Å². The first-order valence-electron chi connectivity index (χ1n) is 13.7. The second kappa shape index (κ2) is 11.4. The third kappa shape index (κ3) is 5.00. The lowest BCUT2D eigenvalue weighted by atomic mass is 9.91. The lowest BCUT2D eigenvalue weighted by Gasteiger charge is -2.25. The molecule has 1 N–H and O–H groups in total. The third-order valence-electron chi connectivity index (χ3n) is 7.53. The summed E-state index contributed by atoms with van der Waals surface area (Å²) in [6.45, 7) is 2.05. The van der Waals surface area contributed by atoms with E-state index in [9.17, 15) is 15.6 Å². The Balaban J connectivity index is 1.35. The number of aliphatic hydroxyl groups is 1. The normalized spacial score (nSPS) is 11.0. The predicted octanol–water partition coefficient (Wildman–Crippen LogP) is 9.18. The van der Waals surface area contributed by atoms with Crippen LogP contribution in [0.1, 0.15) is 33.4 Å². The van der Waals surface area contributed by atoms with E-state index in [4.69, 9.17) is 0 Å². The van der Waals surface area contributed by atoms with Gasteiger partial charge in [0.25, 0.3) is 0 Å². The Bertz CT molecular complexity index is 2030. The summed E-state index contributed by atoms with van der Waals surface area (Å²) in [7, 11) is 0. The zero-order valence-corrected chi connectivity index (χ0v) is 23.1. The largest absolute Gasteiger partial charge is 0.392 e. The molecule has 6 aromatic rings. The maximum Gasteiger partial charge on any atom is 0.101 e. The monoisotopic (exact) mass is 541 g/mol. The topological polar surface area (TPSA) is 71.0 Å². The van der Waals surface area contributed by atoms with Gasteiger partial charge in [-0.2, -0.15) is 10.5 Å². The van der Waals surface area contributed by atoms with Crippen molar-refractivity contribution >= 4 is 50.8 Å². The van der Waals surface area contributed by atoms with Crippen LogP contribution in [0.4, 0.5) is 17.1 Å². The van der Waals surface area contributed by atoms with Gasteiger partial charge >= 0.3 is 0 Å². The number of rotatable bonds is 6. The number of para-hydroxylation sites is 1. The number of aryl methyl sites for hydroxylation is 1. The molecule has 0 spiro atoms. The Morgan fingerprint density at radius 1 is 0.595 bits per heavy atom. The van der Waals surface area contributed by atoms with Gasteiger partial charge in [0.1, 0.15) is 12.1 Å². The Morgan fingerprint density at radius 2 is 1.12 bits per heavy atom. The van der Waals surface area contributed by atoms with Crippen LogP contribution in [0, 0.1) is 29.6 Å². The quantitative estimate of drug-likeness (QED) is 0.169. The molecule has 0 unspecified atom stereocenters. The fourth-order valence-corrected chi connectivity index (χ4v) is 5.41. The minimum Gasteiger partial charge on any atom is -0.392 e. The molecule has 6 rings (SSSR count). The summed E-state index contributed by atoms with van der Waals surface area (Å²) in [5.41, 5.74) is 7.98. The Morgan fingerprint density at radius 3 is 1.74 bits per heavy atom. The van der Waals surface area contributed by atoms with Gasteiger partial charge in [0.05, 0.1) is 17.7 Å². The minimum atomic E-state index is 0.0140. The zero-order chi connectivity index (χ0) is 29.1. The van der Waals surface area contributed by atoms with Gasteiger partial charge in [0.15, 0.2) is 0 Å². The summed E-state index contributed by atoms with van der Waals surface area (Å²) in [6, 6.07) is 43.1. The van der Waals surface area contributed by atoms with Crippen molar-refractivity contribution in [2.45, 2.75) is 13.5 Å². The molecule has 0 saturated heterocycles. The Hall–Kier alpha value is -5.68. The van der Waals surface area contributed by atoms with Gasteiger partial charge in [0.2, 0.25) is 0 Å². The van der Waals surface area contributed by atoms with Crippen molar-refractivity contribution in [1.29, 1.82) is 10.5 Å². The van der Waals surface area contributed by atoms with E-state index in [-0.39, 0.29) is 6.61 Å². The molecular formula is C38H27N3O. The van der Waals surface area contributed by atoms with E-state index in [0.717, 1.165) is 60.9 Å². The molecule has 0 aliphatic rings. The molecule has 0 amide bonds. The van der Waals surface area contributed by atoms with Crippen molar-refractivity contribution < 1.29 is 5.11 Å². The van der Waals surface area contributed by atoms with Gasteiger partial charge in [0, 0.05) is 27.8 Å². The number of nitriles is 2. The summed E-state index contributed by atoms with van der Waals surface area (Å²) in [6.07, 6.45) is 4.15. The highest BCUT2D eigenvalue weighted by molar-refractivity contribution is 6.13. The van der Waals surface area contributed by atoms with E-state index in [1.165, 1.54) is 0 Å². The van der Waals surface area contributed by atoms with E-state index in [1.807, 2.05) is 73.7 Å². The fourth-order valence-electron chi connectivity index (χ4n) is 5.41. The molecule has 0 radical (unpaired) electrons. The van der Waals surface area contributed by atoms with E-state index in [2.05, 4.69) is 77.7 Å². The summed E-state index contributed by atoms with van der Waals surface area (Å²) in [5.74, 6) is 0. The van der Waals surface area contributed by atoms with E-state index in [1.54, 1.807) is 0 Å². The van der Waals surface area contributed by atoms with E-state index in [0.29, 0.717) is 11.1 Å². The first kappa shape index (κ1) is 26.5. The zero-order valence-electron chi connectivity index (χ0n) is 23.1. The van der Waals surface area contributed by atoms with Crippen LogP contribution in [-0.2, 0) is 6.61 Å². The maximum atomic E-state index is 9.88. The van der Waals surface area contributed by atoms with Crippen LogP contribution in [0.5, 0.6) is 0 Å². The average Bonchev–Trinajstić information content (AvgIpc) is 3.04. The number of fused-ring (bicyclic) bond motifs is 3. The molecule has 0 fully saturated rings. The second-order valence-corrected chi connectivity index (χ2v) is 10.2. The molecule has 0 bridgehead atoms. The highest BCUT2D eigenvalue weighted by Crippen LogP contribution is 2.36. The first-order valence-corrected chi connectivity index (χ1v) is 13.7. The van der Waals surface area contributed by atoms with E-state index < -0.39 is 0 Å². The van der Waals surface area contributed by atoms with Gasteiger partial charge in [-0.15, -0.1) is 0 Å². The Kier molecular flexibility index (Phi) is 7.22. The molecule has 0 saturated carbocycles. The van der Waals surface area contributed by atoms with Crippen LogP contribution in [-0.4, -0.2) is 5.11 Å². The molecule has 6 aromatic carbocycles. The highest BCUT2D eigenvalue weighted by atomic mass is 16.3. The molecule has 0 aliphatic heterocycles. The first-order chi connectivity index (χ1) is 20.6. The van der Waals surface area contributed by atoms with Crippen molar-refractivity contribution in [3.05, 3.63) is 149 Å². The van der Waals surface area contributed by atoms with Crippen LogP contribution in [0.2, 0.25) is 0 Å². The van der Waals surface area contributed by atoms with Crippen LogP contribution in [0.25, 0.3) is 33.7 Å². The summed E-state index contributed by atoms with van der Waals surface area (Å²) < 4.78 is 0. The molecule has 0 aromatic heterocycles. The SMILES string of the molecule is Cc1ccc2c(C#N)c(C#N)c3ccc(/C=C/c4ccc(N(c5ccccc5)c5ccc(CO)cc5)cc4)cc3c2c1. The van der Waals surface area contributed by atoms with Gasteiger partial charge in [-0.3, -0.25) is 0 Å². The third-order valence-corrected chi connectivity index (χ3v) is 7.53. The molecule has 0 heterocycles. The summed E-state index contributed by atoms with van der Waals surface area (Å²) >= 11 is 0. The number of hydrogen-bond acceptors (Lipinski definition) is 4. The van der Waals surface area contributed by atoms with Crippen LogP contribution >= 0.6 is 0 Å². The van der Waals surface area contributed by atoms with Crippen LogP contribution in [0.15, 0.2) is 115 Å². The fraction of sp³-hybridized carbons (Fsp3) is 0.0526. The van der Waals surface area contributed by atoms with Gasteiger partial charge in [-0.25, -0.2) is 0 Å². The summed E-state index contributed by atoms with van der Waals surface area (Å²) in [4.78, 5) is 2.19. The number of benzene rings is 6. The summed E-state index contributed by atoms with van der Waals surface area (Å²) in [5, 5.41) is 32.7. The van der Waals surface area contributed by atoms with Crippen LogP contribution < -0.4 is 4.90 Å². The molecule has 200 valence electrons. The van der Waals surface area contributed by atoms with Gasteiger partial charge in [-0.05, 0) is 76.9 Å². The molecule has 4 heteroatoms. The Labute approximate surface area is 245 Å². The predicted molar refractivity (Wildman–Crippen MR) is 172 cm³/mol. The number of nitrogens with zero attached hydrogens (tertiary/aromatic N) is 3. The minimum absolute atomic E-state index is 0.0140.